The molecule has 0 heterocycles. The average molecular weight is 441 g/mol. The van der Waals surface area contributed by atoms with E-state index < -0.39 is 10.0 Å². The number of benzene rings is 3. The van der Waals surface area contributed by atoms with Gasteiger partial charge in [0.25, 0.3) is 15.9 Å². The van der Waals surface area contributed by atoms with E-state index in [-0.39, 0.29) is 17.4 Å². The third kappa shape index (κ3) is 5.76. The third-order valence-electron chi connectivity index (χ3n) is 4.57. The van der Waals surface area contributed by atoms with Crippen molar-refractivity contribution in [2.24, 2.45) is 0 Å². The first kappa shape index (κ1) is 22.2. The monoisotopic (exact) mass is 440 g/mol. The van der Waals surface area contributed by atoms with Gasteiger partial charge >= 0.3 is 0 Å². The maximum Gasteiger partial charge on any atom is 0.262 e. The molecule has 0 aliphatic rings. The molecule has 0 aliphatic heterocycles. The van der Waals surface area contributed by atoms with Crippen LogP contribution in [0.5, 0.6) is 11.5 Å². The number of methoxy groups -OCH3 is 1. The number of carbonyl (C=O) groups excluding carboxylic acids is 1. The molecule has 8 heteroatoms. The van der Waals surface area contributed by atoms with Crippen molar-refractivity contribution in [1.29, 1.82) is 0 Å². The number of sulfonamides is 1. The number of para-hydroxylation sites is 1. The van der Waals surface area contributed by atoms with Gasteiger partial charge in [0.05, 0.1) is 17.7 Å². The summed E-state index contributed by atoms with van der Waals surface area (Å²) in [6.07, 6.45) is 0. The van der Waals surface area contributed by atoms with Crippen LogP contribution < -0.4 is 19.5 Å². The summed E-state index contributed by atoms with van der Waals surface area (Å²) in [6.45, 7) is 3.65. The first-order chi connectivity index (χ1) is 14.8. The normalized spacial score (nSPS) is 10.9. The number of carbonyl (C=O) groups is 1. The van der Waals surface area contributed by atoms with E-state index >= 15 is 0 Å². The van der Waals surface area contributed by atoms with Crippen LogP contribution in [0.2, 0.25) is 0 Å². The van der Waals surface area contributed by atoms with E-state index in [1.165, 1.54) is 31.4 Å². The minimum Gasteiger partial charge on any atom is -0.497 e. The lowest BCUT2D eigenvalue weighted by Gasteiger charge is -2.12. The Labute approximate surface area is 182 Å². The van der Waals surface area contributed by atoms with E-state index in [9.17, 15) is 13.2 Å². The molecule has 0 saturated heterocycles. The van der Waals surface area contributed by atoms with Gasteiger partial charge in [0, 0.05) is 11.8 Å². The number of amides is 1. The lowest BCUT2D eigenvalue weighted by Crippen LogP contribution is -2.21. The number of anilines is 2. The van der Waals surface area contributed by atoms with Gasteiger partial charge in [-0.3, -0.25) is 9.52 Å². The van der Waals surface area contributed by atoms with Crippen LogP contribution >= 0.6 is 0 Å². The Morgan fingerprint density at radius 3 is 2.19 bits per heavy atom. The quantitative estimate of drug-likeness (QED) is 0.549. The SMILES string of the molecule is COc1cccc(NS(=O)(=O)c2ccc(OCC(=O)Nc3c(C)cccc3C)cc2)c1. The molecule has 0 fully saturated rings. The second-order valence-corrected chi connectivity index (χ2v) is 8.59. The van der Waals surface area contributed by atoms with Gasteiger partial charge < -0.3 is 14.8 Å². The Morgan fingerprint density at radius 1 is 0.903 bits per heavy atom. The van der Waals surface area contributed by atoms with Gasteiger partial charge in [-0.05, 0) is 61.4 Å². The van der Waals surface area contributed by atoms with Crippen LogP contribution in [-0.2, 0) is 14.8 Å². The number of rotatable bonds is 8. The third-order valence-corrected chi connectivity index (χ3v) is 5.97. The summed E-state index contributed by atoms with van der Waals surface area (Å²) in [5.74, 6) is 0.633. The maximum atomic E-state index is 12.6. The molecule has 0 atom stereocenters. The van der Waals surface area contributed by atoms with Crippen LogP contribution in [0.3, 0.4) is 0 Å². The van der Waals surface area contributed by atoms with Gasteiger partial charge in [-0.15, -0.1) is 0 Å². The summed E-state index contributed by atoms with van der Waals surface area (Å²) < 4.78 is 38.3. The molecule has 3 aromatic rings. The molecule has 31 heavy (non-hydrogen) atoms. The summed E-state index contributed by atoms with van der Waals surface area (Å²) in [5, 5.41) is 2.84. The molecule has 162 valence electrons. The molecule has 0 aromatic heterocycles. The molecular formula is C23H24N2O5S. The van der Waals surface area contributed by atoms with Crippen molar-refractivity contribution in [2.75, 3.05) is 23.8 Å². The fourth-order valence-electron chi connectivity index (χ4n) is 2.95. The number of ether oxygens (including phenoxy) is 2. The minimum absolute atomic E-state index is 0.0719. The molecule has 0 unspecified atom stereocenters. The summed E-state index contributed by atoms with van der Waals surface area (Å²) in [6, 6.07) is 18.2. The highest BCUT2D eigenvalue weighted by Gasteiger charge is 2.15. The van der Waals surface area contributed by atoms with E-state index in [2.05, 4.69) is 10.0 Å². The molecule has 7 nitrogen and oxygen atoms in total. The zero-order valence-corrected chi connectivity index (χ0v) is 18.3. The van der Waals surface area contributed by atoms with Crippen LogP contribution in [0.15, 0.2) is 71.6 Å². The first-order valence-electron chi connectivity index (χ1n) is 9.54. The molecule has 0 radical (unpaired) electrons. The molecule has 0 bridgehead atoms. The summed E-state index contributed by atoms with van der Waals surface area (Å²) >= 11 is 0. The Bertz CT molecular complexity index is 1150. The Balaban J connectivity index is 1.61. The highest BCUT2D eigenvalue weighted by molar-refractivity contribution is 7.92. The second kappa shape index (κ2) is 9.53. The molecule has 0 spiro atoms. The van der Waals surface area contributed by atoms with Crippen LogP contribution in [-0.4, -0.2) is 28.0 Å². The molecule has 3 rings (SSSR count). The summed E-state index contributed by atoms with van der Waals surface area (Å²) in [4.78, 5) is 12.3. The van der Waals surface area contributed by atoms with E-state index in [0.717, 1.165) is 16.8 Å². The lowest BCUT2D eigenvalue weighted by molar-refractivity contribution is -0.118. The van der Waals surface area contributed by atoms with Gasteiger partial charge in [-0.2, -0.15) is 0 Å². The van der Waals surface area contributed by atoms with Gasteiger partial charge in [0.1, 0.15) is 11.5 Å². The van der Waals surface area contributed by atoms with Gasteiger partial charge in [-0.25, -0.2) is 8.42 Å². The number of aryl methyl sites for hydroxylation is 2. The van der Waals surface area contributed by atoms with Crippen LogP contribution in [0.25, 0.3) is 0 Å². The Morgan fingerprint density at radius 2 is 1.55 bits per heavy atom. The van der Waals surface area contributed by atoms with Crippen molar-refractivity contribution in [3.05, 3.63) is 77.9 Å². The maximum absolute atomic E-state index is 12.6. The smallest absolute Gasteiger partial charge is 0.262 e. The molecule has 0 aliphatic carbocycles. The summed E-state index contributed by atoms with van der Waals surface area (Å²) in [7, 11) is -2.27. The Hall–Kier alpha value is -3.52. The lowest BCUT2D eigenvalue weighted by atomic mass is 10.1. The molecular weight excluding hydrogens is 416 g/mol. The number of hydrogen-bond acceptors (Lipinski definition) is 5. The van der Waals surface area contributed by atoms with Gasteiger partial charge in [0.15, 0.2) is 6.61 Å². The fraction of sp³-hybridized carbons (Fsp3) is 0.174. The molecule has 3 aromatic carbocycles. The van der Waals surface area contributed by atoms with Crippen molar-refractivity contribution in [3.63, 3.8) is 0 Å². The predicted molar refractivity (Wildman–Crippen MR) is 120 cm³/mol. The fourth-order valence-corrected chi connectivity index (χ4v) is 4.00. The standard InChI is InChI=1S/C23H24N2O5S/c1-16-6-4-7-17(2)23(16)24-22(26)15-30-19-10-12-21(13-11-19)31(27,28)25-18-8-5-9-20(14-18)29-3/h4-14,25H,15H2,1-3H3,(H,24,26). The molecule has 2 N–H and O–H groups in total. The van der Waals surface area contributed by atoms with Crippen molar-refractivity contribution >= 4 is 27.3 Å². The predicted octanol–water partition coefficient (Wildman–Crippen LogP) is 4.13. The van der Waals surface area contributed by atoms with Crippen LogP contribution in [0.1, 0.15) is 11.1 Å². The van der Waals surface area contributed by atoms with E-state index in [1.807, 2.05) is 32.0 Å². The van der Waals surface area contributed by atoms with Crippen LogP contribution in [0, 0.1) is 13.8 Å². The van der Waals surface area contributed by atoms with Crippen LogP contribution in [0.4, 0.5) is 11.4 Å². The van der Waals surface area contributed by atoms with E-state index in [1.54, 1.807) is 24.3 Å². The van der Waals surface area contributed by atoms with Gasteiger partial charge in [0.2, 0.25) is 0 Å². The summed E-state index contributed by atoms with van der Waals surface area (Å²) in [5.41, 5.74) is 3.09. The van der Waals surface area contributed by atoms with Crippen molar-refractivity contribution < 1.29 is 22.7 Å². The zero-order chi connectivity index (χ0) is 22.4. The highest BCUT2D eigenvalue weighted by Crippen LogP contribution is 2.23. The minimum atomic E-state index is -3.78. The second-order valence-electron chi connectivity index (χ2n) is 6.91. The van der Waals surface area contributed by atoms with Gasteiger partial charge in [-0.1, -0.05) is 24.3 Å². The van der Waals surface area contributed by atoms with E-state index in [0.29, 0.717) is 17.2 Å². The first-order valence-corrected chi connectivity index (χ1v) is 11.0. The molecule has 1 amide bonds. The van der Waals surface area contributed by atoms with E-state index in [4.69, 9.17) is 9.47 Å². The number of hydrogen-bond donors (Lipinski definition) is 2. The average Bonchev–Trinajstić information content (AvgIpc) is 2.75. The van der Waals surface area contributed by atoms with Crippen molar-refractivity contribution in [2.45, 2.75) is 18.7 Å². The highest BCUT2D eigenvalue weighted by atomic mass is 32.2. The van der Waals surface area contributed by atoms with Crippen molar-refractivity contribution in [1.82, 2.24) is 0 Å². The largest absolute Gasteiger partial charge is 0.497 e. The Kier molecular flexibility index (Phi) is 6.81. The number of nitrogens with one attached hydrogen (secondary N) is 2. The molecule has 0 saturated carbocycles. The zero-order valence-electron chi connectivity index (χ0n) is 17.5. The van der Waals surface area contributed by atoms with Crippen molar-refractivity contribution in [3.8, 4) is 11.5 Å². The topological polar surface area (TPSA) is 93.7 Å².